The molecule has 0 saturated carbocycles. The number of esters is 1. The van der Waals surface area contributed by atoms with Crippen molar-refractivity contribution in [2.75, 3.05) is 12.5 Å². The monoisotopic (exact) mass is 262 g/mol. The van der Waals surface area contributed by atoms with Crippen molar-refractivity contribution in [2.45, 2.75) is 45.8 Å². The molecule has 0 heterocycles. The average Bonchev–Trinajstić information content (AvgIpc) is 2.28. The molecule has 0 aromatic rings. The van der Waals surface area contributed by atoms with Crippen LogP contribution in [-0.2, 0) is 9.53 Å². The number of rotatable bonds is 7. The number of halogens is 1. The molecule has 0 aliphatic rings. The molecule has 0 spiro atoms. The van der Waals surface area contributed by atoms with Gasteiger partial charge in [0.2, 0.25) is 0 Å². The van der Waals surface area contributed by atoms with E-state index in [1.54, 1.807) is 0 Å². The second kappa shape index (κ2) is 7.90. The number of carbonyl (C=O) groups is 1. The van der Waals surface area contributed by atoms with Crippen molar-refractivity contribution < 1.29 is 9.53 Å². The lowest BCUT2D eigenvalue weighted by Crippen LogP contribution is -2.37. The van der Waals surface area contributed by atoms with Crippen LogP contribution in [0.2, 0.25) is 18.1 Å². The van der Waals surface area contributed by atoms with Crippen LogP contribution in [0.5, 0.6) is 0 Å². The summed E-state index contributed by atoms with van der Waals surface area (Å²) in [5, 5.41) is 1.30. The number of hydrogen-bond acceptors (Lipinski definition) is 2. The number of hydrogen-bond donors (Lipinski definition) is 0. The molecule has 0 radical (unpaired) electrons. The van der Waals surface area contributed by atoms with E-state index in [2.05, 4.69) is 20.8 Å². The van der Waals surface area contributed by atoms with Crippen molar-refractivity contribution in [3.05, 3.63) is 11.3 Å². The van der Waals surface area contributed by atoms with E-state index in [1.807, 2.05) is 6.08 Å². The summed E-state index contributed by atoms with van der Waals surface area (Å²) >= 11 is 5.79. The molecule has 0 N–H and O–H groups in total. The molecule has 2 nitrogen and oxygen atoms in total. The Morgan fingerprint density at radius 2 is 1.75 bits per heavy atom. The van der Waals surface area contributed by atoms with E-state index in [9.17, 15) is 4.79 Å². The summed E-state index contributed by atoms with van der Waals surface area (Å²) in [6.45, 7) is 8.58. The first kappa shape index (κ1) is 15.7. The van der Waals surface area contributed by atoms with Gasteiger partial charge in [-0.1, -0.05) is 45.0 Å². The fourth-order valence-electron chi connectivity index (χ4n) is 2.13. The smallest absolute Gasteiger partial charge is 0.302 e. The van der Waals surface area contributed by atoms with Crippen LogP contribution in [0, 0.1) is 0 Å². The summed E-state index contributed by atoms with van der Waals surface area (Å²) in [5.74, 6) is 0.289. The lowest BCUT2D eigenvalue weighted by Gasteiger charge is -2.31. The first-order valence-electron chi connectivity index (χ1n) is 5.95. The highest BCUT2D eigenvalue weighted by molar-refractivity contribution is 6.86. The highest BCUT2D eigenvalue weighted by Gasteiger charge is 2.31. The summed E-state index contributed by atoms with van der Waals surface area (Å²) in [7, 11) is -1.44. The second-order valence-electron chi connectivity index (χ2n) is 4.00. The average molecular weight is 263 g/mol. The molecule has 0 aliphatic carbocycles. The Bertz CT molecular complexity index is 239. The highest BCUT2D eigenvalue weighted by atomic mass is 35.5. The molecule has 0 unspecified atom stereocenters. The number of carbonyl (C=O) groups excluding carboxylic acids is 1. The molecular formula is C12H23ClO2Si. The van der Waals surface area contributed by atoms with E-state index in [-0.39, 0.29) is 5.97 Å². The Balaban J connectivity index is 4.85. The Morgan fingerprint density at radius 3 is 2.06 bits per heavy atom. The zero-order valence-corrected chi connectivity index (χ0v) is 12.6. The van der Waals surface area contributed by atoms with Crippen LogP contribution in [0.4, 0.5) is 0 Å². The van der Waals surface area contributed by atoms with Gasteiger partial charge in [0, 0.05) is 12.8 Å². The van der Waals surface area contributed by atoms with Gasteiger partial charge < -0.3 is 4.74 Å². The van der Waals surface area contributed by atoms with Crippen molar-refractivity contribution in [2.24, 2.45) is 0 Å². The standard InChI is InChI=1S/C12H23ClO2Si/c1-5-16(6-2,7-3)12(8-9-13)10-15-11(4)14/h8H,5-7,9-10H2,1-4H3/b12-8+. The molecule has 0 saturated heterocycles. The Labute approximate surface area is 105 Å². The van der Waals surface area contributed by atoms with Crippen LogP contribution in [0.1, 0.15) is 27.7 Å². The van der Waals surface area contributed by atoms with Crippen LogP contribution >= 0.6 is 11.6 Å². The molecule has 16 heavy (non-hydrogen) atoms. The summed E-state index contributed by atoms with van der Waals surface area (Å²) < 4.78 is 5.14. The van der Waals surface area contributed by atoms with Crippen LogP contribution in [-0.4, -0.2) is 26.5 Å². The first-order valence-corrected chi connectivity index (χ1v) is 9.10. The lowest BCUT2D eigenvalue weighted by atomic mass is 10.5. The third kappa shape index (κ3) is 4.30. The fraction of sp³-hybridized carbons (Fsp3) is 0.750. The SMILES string of the molecule is CC[Si](CC)(CC)/C(=C/CCl)COC(C)=O. The van der Waals surface area contributed by atoms with Crippen molar-refractivity contribution in [3.63, 3.8) is 0 Å². The molecular weight excluding hydrogens is 240 g/mol. The van der Waals surface area contributed by atoms with Gasteiger partial charge in [-0.05, 0) is 5.20 Å². The van der Waals surface area contributed by atoms with Gasteiger partial charge in [0.15, 0.2) is 0 Å². The molecule has 94 valence electrons. The van der Waals surface area contributed by atoms with E-state index >= 15 is 0 Å². The summed E-state index contributed by atoms with van der Waals surface area (Å²) in [6.07, 6.45) is 2.05. The topological polar surface area (TPSA) is 26.3 Å². The summed E-state index contributed by atoms with van der Waals surface area (Å²) in [6, 6.07) is 3.55. The van der Waals surface area contributed by atoms with Crippen LogP contribution < -0.4 is 0 Å². The molecule has 4 heteroatoms. The van der Waals surface area contributed by atoms with Gasteiger partial charge in [-0.15, -0.1) is 11.6 Å². The van der Waals surface area contributed by atoms with E-state index in [4.69, 9.17) is 16.3 Å². The molecule has 0 aliphatic heterocycles. The van der Waals surface area contributed by atoms with Gasteiger partial charge in [0.1, 0.15) is 6.61 Å². The predicted octanol–water partition coefficient (Wildman–Crippen LogP) is 3.76. The molecule has 0 aromatic carbocycles. The third-order valence-electron chi connectivity index (χ3n) is 3.47. The highest BCUT2D eigenvalue weighted by Crippen LogP contribution is 2.28. The van der Waals surface area contributed by atoms with E-state index < -0.39 is 8.07 Å². The zero-order chi connectivity index (χ0) is 12.6. The van der Waals surface area contributed by atoms with Gasteiger partial charge in [0.05, 0.1) is 8.07 Å². The predicted molar refractivity (Wildman–Crippen MR) is 72.6 cm³/mol. The van der Waals surface area contributed by atoms with Crippen molar-refractivity contribution in [1.29, 1.82) is 0 Å². The lowest BCUT2D eigenvalue weighted by molar-refractivity contribution is -0.139. The maximum atomic E-state index is 10.9. The molecule has 0 fully saturated rings. The van der Waals surface area contributed by atoms with E-state index in [0.717, 1.165) is 0 Å². The van der Waals surface area contributed by atoms with Gasteiger partial charge in [-0.3, -0.25) is 4.79 Å². The van der Waals surface area contributed by atoms with Gasteiger partial charge >= 0.3 is 5.97 Å². The second-order valence-corrected chi connectivity index (χ2v) is 9.64. The van der Waals surface area contributed by atoms with Gasteiger partial charge in [0.25, 0.3) is 0 Å². The minimum atomic E-state index is -1.44. The Morgan fingerprint density at radius 1 is 1.25 bits per heavy atom. The van der Waals surface area contributed by atoms with Gasteiger partial charge in [-0.2, -0.15) is 0 Å². The molecule has 0 atom stereocenters. The maximum absolute atomic E-state index is 10.9. The third-order valence-corrected chi connectivity index (χ3v) is 9.39. The fourth-order valence-corrected chi connectivity index (χ4v) is 6.22. The zero-order valence-electron chi connectivity index (χ0n) is 10.8. The van der Waals surface area contributed by atoms with E-state index in [0.29, 0.717) is 12.5 Å². The molecule has 0 rings (SSSR count). The minimum Gasteiger partial charge on any atom is -0.462 e. The molecule has 0 amide bonds. The number of allylic oxidation sites excluding steroid dienone is 1. The first-order chi connectivity index (χ1) is 7.56. The van der Waals surface area contributed by atoms with Crippen molar-refractivity contribution in [1.82, 2.24) is 0 Å². The quantitative estimate of drug-likeness (QED) is 0.397. The van der Waals surface area contributed by atoms with Crippen LogP contribution in [0.25, 0.3) is 0 Å². The largest absolute Gasteiger partial charge is 0.462 e. The van der Waals surface area contributed by atoms with Crippen molar-refractivity contribution >= 4 is 25.6 Å². The number of ether oxygens (including phenoxy) is 1. The number of alkyl halides is 1. The summed E-state index contributed by atoms with van der Waals surface area (Å²) in [5.41, 5.74) is 0. The Hall–Kier alpha value is -0.283. The normalized spacial score (nSPS) is 12.7. The molecule has 0 aromatic heterocycles. The minimum absolute atomic E-state index is 0.216. The van der Waals surface area contributed by atoms with Crippen molar-refractivity contribution in [3.8, 4) is 0 Å². The van der Waals surface area contributed by atoms with E-state index in [1.165, 1.54) is 30.3 Å². The Kier molecular flexibility index (Phi) is 7.76. The van der Waals surface area contributed by atoms with Crippen LogP contribution in [0.15, 0.2) is 11.3 Å². The molecule has 0 bridgehead atoms. The van der Waals surface area contributed by atoms with Gasteiger partial charge in [-0.25, -0.2) is 0 Å². The summed E-state index contributed by atoms with van der Waals surface area (Å²) in [4.78, 5) is 10.9. The van der Waals surface area contributed by atoms with Crippen LogP contribution in [0.3, 0.4) is 0 Å². The maximum Gasteiger partial charge on any atom is 0.302 e.